The lowest BCUT2D eigenvalue weighted by Gasteiger charge is -2.56. The first-order valence-corrected chi connectivity index (χ1v) is 8.09. The van der Waals surface area contributed by atoms with E-state index in [0.717, 1.165) is 19.5 Å². The molecule has 1 aromatic rings. The van der Waals surface area contributed by atoms with E-state index in [-0.39, 0.29) is 23.3 Å². The van der Waals surface area contributed by atoms with Gasteiger partial charge in [0.2, 0.25) is 0 Å². The largest absolute Gasteiger partial charge is 0.493 e. The summed E-state index contributed by atoms with van der Waals surface area (Å²) in [5.41, 5.74) is 0.860. The van der Waals surface area contributed by atoms with Gasteiger partial charge in [0, 0.05) is 36.7 Å². The first kappa shape index (κ1) is 16.5. The number of aliphatic hydroxyl groups excluding tert-OH is 1. The predicted molar refractivity (Wildman–Crippen MR) is 86.2 cm³/mol. The van der Waals surface area contributed by atoms with Crippen molar-refractivity contribution in [1.82, 2.24) is 4.90 Å². The highest BCUT2D eigenvalue weighted by molar-refractivity contribution is 5.43. The van der Waals surface area contributed by atoms with Crippen molar-refractivity contribution < 1.29 is 19.0 Å². The number of fused-ring (bicyclic) bond motifs is 1. The second kappa shape index (κ2) is 5.64. The van der Waals surface area contributed by atoms with E-state index in [1.165, 1.54) is 13.2 Å². The Morgan fingerprint density at radius 2 is 1.91 bits per heavy atom. The number of halogens is 1. The molecule has 2 atom stereocenters. The third-order valence-electron chi connectivity index (χ3n) is 5.73. The molecule has 1 saturated carbocycles. The Kier molecular flexibility index (Phi) is 4.05. The minimum atomic E-state index is -0.279. The molecular weight excluding hydrogens is 297 g/mol. The maximum absolute atomic E-state index is 14.3. The molecule has 1 N–H and O–H groups in total. The van der Waals surface area contributed by atoms with Gasteiger partial charge in [0.25, 0.3) is 0 Å². The molecule has 5 heteroatoms. The smallest absolute Gasteiger partial charge is 0.163 e. The van der Waals surface area contributed by atoms with Crippen LogP contribution in [0, 0.1) is 22.6 Å². The molecule has 0 spiro atoms. The SMILES string of the molecule is COc1cc(F)c(CN2C[C@@H]3C(C)(C)C[C@]3(CO)C2)cc1OC. The van der Waals surface area contributed by atoms with Crippen LogP contribution in [-0.2, 0) is 6.54 Å². The topological polar surface area (TPSA) is 41.9 Å². The molecule has 128 valence electrons. The molecule has 2 aliphatic rings. The zero-order valence-electron chi connectivity index (χ0n) is 14.4. The third-order valence-corrected chi connectivity index (χ3v) is 5.73. The highest BCUT2D eigenvalue weighted by Crippen LogP contribution is 2.62. The highest BCUT2D eigenvalue weighted by atomic mass is 19.1. The number of methoxy groups -OCH3 is 2. The van der Waals surface area contributed by atoms with Gasteiger partial charge in [-0.25, -0.2) is 4.39 Å². The molecular formula is C18H26FNO3. The molecule has 4 nitrogen and oxygen atoms in total. The Bertz CT molecular complexity index is 604. The number of ether oxygens (including phenoxy) is 2. The molecule has 1 aromatic carbocycles. The Morgan fingerprint density at radius 1 is 1.26 bits per heavy atom. The van der Waals surface area contributed by atoms with Gasteiger partial charge in [-0.1, -0.05) is 13.8 Å². The minimum absolute atomic E-state index is 0.00344. The van der Waals surface area contributed by atoms with Crippen LogP contribution in [0.25, 0.3) is 0 Å². The van der Waals surface area contributed by atoms with Crippen molar-refractivity contribution in [2.75, 3.05) is 33.9 Å². The maximum atomic E-state index is 14.3. The molecule has 2 fully saturated rings. The Hall–Kier alpha value is -1.33. The summed E-state index contributed by atoms with van der Waals surface area (Å²) in [4.78, 5) is 2.25. The predicted octanol–water partition coefficient (Wildman–Crippen LogP) is 2.68. The van der Waals surface area contributed by atoms with Gasteiger partial charge in [-0.3, -0.25) is 4.90 Å². The quantitative estimate of drug-likeness (QED) is 0.905. The molecule has 0 amide bonds. The Balaban J connectivity index is 1.79. The summed E-state index contributed by atoms with van der Waals surface area (Å²) in [7, 11) is 3.06. The molecule has 3 rings (SSSR count). The number of hydrogen-bond donors (Lipinski definition) is 1. The summed E-state index contributed by atoms with van der Waals surface area (Å²) in [5, 5.41) is 9.83. The van der Waals surface area contributed by atoms with Crippen molar-refractivity contribution in [3.05, 3.63) is 23.5 Å². The highest BCUT2D eigenvalue weighted by Gasteiger charge is 2.62. The molecule has 23 heavy (non-hydrogen) atoms. The normalized spacial score (nSPS) is 29.0. The minimum Gasteiger partial charge on any atom is -0.493 e. The fourth-order valence-electron chi connectivity index (χ4n) is 4.82. The van der Waals surface area contributed by atoms with Crippen molar-refractivity contribution in [1.29, 1.82) is 0 Å². The first-order valence-electron chi connectivity index (χ1n) is 8.09. The van der Waals surface area contributed by atoms with Crippen LogP contribution in [0.5, 0.6) is 11.5 Å². The first-order chi connectivity index (χ1) is 10.8. The van der Waals surface area contributed by atoms with Crippen molar-refractivity contribution in [2.45, 2.75) is 26.8 Å². The number of rotatable bonds is 5. The van der Waals surface area contributed by atoms with E-state index < -0.39 is 0 Å². The van der Waals surface area contributed by atoms with Crippen molar-refractivity contribution in [2.24, 2.45) is 16.7 Å². The number of likely N-dealkylation sites (tertiary alicyclic amines) is 1. The molecule has 1 aliphatic heterocycles. The molecule has 0 aromatic heterocycles. The number of nitrogens with zero attached hydrogens (tertiary/aromatic N) is 1. The summed E-state index contributed by atoms with van der Waals surface area (Å²) >= 11 is 0. The van der Waals surface area contributed by atoms with Gasteiger partial charge < -0.3 is 14.6 Å². The van der Waals surface area contributed by atoms with Crippen LogP contribution in [0.4, 0.5) is 4.39 Å². The van der Waals surface area contributed by atoms with Crippen LogP contribution in [0.15, 0.2) is 12.1 Å². The Labute approximate surface area is 137 Å². The average molecular weight is 323 g/mol. The number of aliphatic hydroxyl groups is 1. The van der Waals surface area contributed by atoms with Crippen LogP contribution >= 0.6 is 0 Å². The summed E-state index contributed by atoms with van der Waals surface area (Å²) in [6.45, 7) is 6.98. The van der Waals surface area contributed by atoms with Gasteiger partial charge in [-0.2, -0.15) is 0 Å². The maximum Gasteiger partial charge on any atom is 0.163 e. The van der Waals surface area contributed by atoms with Crippen LogP contribution in [0.1, 0.15) is 25.8 Å². The molecule has 1 saturated heterocycles. The lowest BCUT2D eigenvalue weighted by molar-refractivity contribution is -0.0977. The van der Waals surface area contributed by atoms with Gasteiger partial charge >= 0.3 is 0 Å². The summed E-state index contributed by atoms with van der Waals surface area (Å²) < 4.78 is 24.7. The zero-order valence-corrected chi connectivity index (χ0v) is 14.4. The fourth-order valence-corrected chi connectivity index (χ4v) is 4.82. The summed E-state index contributed by atoms with van der Waals surface area (Å²) in [6, 6.07) is 3.09. The van der Waals surface area contributed by atoms with Crippen molar-refractivity contribution in [3.8, 4) is 11.5 Å². The van der Waals surface area contributed by atoms with E-state index in [2.05, 4.69) is 18.7 Å². The number of hydrogen-bond acceptors (Lipinski definition) is 4. The van der Waals surface area contributed by atoms with Crippen molar-refractivity contribution in [3.63, 3.8) is 0 Å². The average Bonchev–Trinajstić information content (AvgIpc) is 2.83. The van der Waals surface area contributed by atoms with Crippen molar-refractivity contribution >= 4 is 0 Å². The monoisotopic (exact) mass is 323 g/mol. The standard InChI is InChI=1S/C18H26FNO3/c1-17(2)9-18(11-21)10-20(8-16(17)18)7-12-5-14(22-3)15(23-4)6-13(12)19/h5-6,16,21H,7-11H2,1-4H3/t16-,18-/m1/s1. The molecule has 1 aliphatic carbocycles. The van der Waals surface area contributed by atoms with Gasteiger partial charge in [-0.15, -0.1) is 0 Å². The Morgan fingerprint density at radius 3 is 2.43 bits per heavy atom. The van der Waals surface area contributed by atoms with Crippen LogP contribution in [0.2, 0.25) is 0 Å². The van der Waals surface area contributed by atoms with Gasteiger partial charge in [0.1, 0.15) is 5.82 Å². The van der Waals surface area contributed by atoms with Crippen LogP contribution in [0.3, 0.4) is 0 Å². The molecule has 0 unspecified atom stereocenters. The lowest BCUT2D eigenvalue weighted by atomic mass is 9.48. The van der Waals surface area contributed by atoms with E-state index in [1.54, 1.807) is 13.2 Å². The van der Waals surface area contributed by atoms with Gasteiger partial charge in [-0.05, 0) is 23.8 Å². The third kappa shape index (κ3) is 2.60. The zero-order chi connectivity index (χ0) is 16.8. The van der Waals surface area contributed by atoms with E-state index >= 15 is 0 Å². The molecule has 1 heterocycles. The van der Waals surface area contributed by atoms with E-state index in [1.807, 2.05) is 0 Å². The number of benzene rings is 1. The van der Waals surface area contributed by atoms with E-state index in [0.29, 0.717) is 29.5 Å². The van der Waals surface area contributed by atoms with Gasteiger partial charge in [0.15, 0.2) is 11.5 Å². The van der Waals surface area contributed by atoms with Gasteiger partial charge in [0.05, 0.1) is 20.8 Å². The van der Waals surface area contributed by atoms with E-state index in [4.69, 9.17) is 9.47 Å². The summed E-state index contributed by atoms with van der Waals surface area (Å²) in [6.07, 6.45) is 1.03. The van der Waals surface area contributed by atoms with E-state index in [9.17, 15) is 9.50 Å². The molecule has 0 radical (unpaired) electrons. The summed E-state index contributed by atoms with van der Waals surface area (Å²) in [5.74, 6) is 1.15. The molecule has 0 bridgehead atoms. The fraction of sp³-hybridized carbons (Fsp3) is 0.667. The lowest BCUT2D eigenvalue weighted by Crippen LogP contribution is -2.54. The van der Waals surface area contributed by atoms with Crippen LogP contribution < -0.4 is 9.47 Å². The second-order valence-corrected chi connectivity index (χ2v) is 7.71. The second-order valence-electron chi connectivity index (χ2n) is 7.71. The van der Waals surface area contributed by atoms with Crippen LogP contribution in [-0.4, -0.2) is 43.9 Å².